The van der Waals surface area contributed by atoms with Crippen molar-refractivity contribution in [2.45, 2.75) is 24.8 Å². The van der Waals surface area contributed by atoms with Crippen molar-refractivity contribution < 1.29 is 14.4 Å². The lowest BCUT2D eigenvalue weighted by atomic mass is 9.88. The van der Waals surface area contributed by atoms with Gasteiger partial charge < -0.3 is 15.5 Å². The van der Waals surface area contributed by atoms with Crippen LogP contribution in [0.1, 0.15) is 19.3 Å². The van der Waals surface area contributed by atoms with Crippen LogP contribution in [-0.2, 0) is 9.59 Å². The van der Waals surface area contributed by atoms with E-state index >= 15 is 0 Å². The third kappa shape index (κ3) is 2.07. The van der Waals surface area contributed by atoms with E-state index in [0.29, 0.717) is 26.1 Å². The summed E-state index contributed by atoms with van der Waals surface area (Å²) in [5, 5.41) is 8.13. The SMILES string of the molecule is O=C1NC(=O)C2(CCCN(C(=O)C3CCNC3)C2)N1. The minimum absolute atomic E-state index is 0.00955. The van der Waals surface area contributed by atoms with E-state index in [9.17, 15) is 14.4 Å². The molecule has 4 amide bonds. The second kappa shape index (κ2) is 4.48. The van der Waals surface area contributed by atoms with Crippen molar-refractivity contribution in [2.75, 3.05) is 26.2 Å². The molecule has 3 rings (SSSR count). The Morgan fingerprint density at radius 2 is 2.21 bits per heavy atom. The molecule has 3 aliphatic heterocycles. The summed E-state index contributed by atoms with van der Waals surface area (Å²) in [6, 6.07) is -0.457. The Morgan fingerprint density at radius 1 is 1.37 bits per heavy atom. The standard InChI is InChI=1S/C12H18N4O3/c17-9(8-2-4-13-6-8)16-5-1-3-12(7-16)10(18)14-11(19)15-12/h8,13H,1-7H2,(H2,14,15,18,19). The second-order valence-electron chi connectivity index (χ2n) is 5.54. The highest BCUT2D eigenvalue weighted by atomic mass is 16.2. The first kappa shape index (κ1) is 12.4. The van der Waals surface area contributed by atoms with Crippen molar-refractivity contribution in [3.8, 4) is 0 Å². The summed E-state index contributed by atoms with van der Waals surface area (Å²) < 4.78 is 0. The number of hydrogen-bond donors (Lipinski definition) is 3. The van der Waals surface area contributed by atoms with Crippen LogP contribution in [0.4, 0.5) is 4.79 Å². The zero-order valence-electron chi connectivity index (χ0n) is 10.7. The molecule has 0 bridgehead atoms. The molecule has 0 saturated carbocycles. The number of urea groups is 1. The number of carbonyl (C=O) groups is 3. The van der Waals surface area contributed by atoms with Gasteiger partial charge in [-0.2, -0.15) is 0 Å². The lowest BCUT2D eigenvalue weighted by molar-refractivity contribution is -0.139. The Hall–Kier alpha value is -1.63. The van der Waals surface area contributed by atoms with E-state index in [-0.39, 0.29) is 17.7 Å². The van der Waals surface area contributed by atoms with Crippen LogP contribution in [0.15, 0.2) is 0 Å². The van der Waals surface area contributed by atoms with Gasteiger partial charge in [0.25, 0.3) is 5.91 Å². The van der Waals surface area contributed by atoms with Gasteiger partial charge in [0, 0.05) is 13.1 Å². The van der Waals surface area contributed by atoms with E-state index < -0.39 is 11.6 Å². The Morgan fingerprint density at radius 3 is 2.84 bits per heavy atom. The predicted molar refractivity (Wildman–Crippen MR) is 66.2 cm³/mol. The molecule has 7 nitrogen and oxygen atoms in total. The molecule has 3 fully saturated rings. The van der Waals surface area contributed by atoms with Crippen LogP contribution in [0.25, 0.3) is 0 Å². The first-order valence-electron chi connectivity index (χ1n) is 6.74. The molecular weight excluding hydrogens is 248 g/mol. The number of nitrogens with one attached hydrogen (secondary N) is 3. The molecule has 0 aliphatic carbocycles. The number of hydrogen-bond acceptors (Lipinski definition) is 4. The smallest absolute Gasteiger partial charge is 0.322 e. The Balaban J connectivity index is 1.72. The van der Waals surface area contributed by atoms with E-state index in [1.165, 1.54) is 0 Å². The van der Waals surface area contributed by atoms with E-state index in [2.05, 4.69) is 16.0 Å². The monoisotopic (exact) mass is 266 g/mol. The van der Waals surface area contributed by atoms with Crippen molar-refractivity contribution >= 4 is 17.8 Å². The van der Waals surface area contributed by atoms with Gasteiger partial charge in [-0.05, 0) is 25.8 Å². The second-order valence-corrected chi connectivity index (χ2v) is 5.54. The molecule has 3 N–H and O–H groups in total. The van der Waals surface area contributed by atoms with Gasteiger partial charge in [-0.3, -0.25) is 14.9 Å². The summed E-state index contributed by atoms with van der Waals surface area (Å²) in [7, 11) is 0. The summed E-state index contributed by atoms with van der Waals surface area (Å²) >= 11 is 0. The first-order valence-corrected chi connectivity index (χ1v) is 6.74. The Kier molecular flexibility index (Phi) is 2.93. The molecule has 0 aromatic heterocycles. The number of piperidine rings is 1. The first-order chi connectivity index (χ1) is 9.11. The molecule has 0 radical (unpaired) electrons. The van der Waals surface area contributed by atoms with Crippen molar-refractivity contribution in [3.63, 3.8) is 0 Å². The number of amides is 4. The van der Waals surface area contributed by atoms with E-state index in [4.69, 9.17) is 0 Å². The molecule has 1 spiro atoms. The van der Waals surface area contributed by atoms with Crippen molar-refractivity contribution in [2.24, 2.45) is 5.92 Å². The fourth-order valence-corrected chi connectivity index (χ4v) is 3.18. The zero-order valence-corrected chi connectivity index (χ0v) is 10.7. The molecule has 2 unspecified atom stereocenters. The summed E-state index contributed by atoms with van der Waals surface area (Å²) in [5.74, 6) is -0.201. The third-order valence-electron chi connectivity index (χ3n) is 4.23. The van der Waals surface area contributed by atoms with Gasteiger partial charge >= 0.3 is 6.03 Å². The number of imide groups is 1. The fourth-order valence-electron chi connectivity index (χ4n) is 3.18. The van der Waals surface area contributed by atoms with Crippen molar-refractivity contribution in [1.82, 2.24) is 20.9 Å². The molecule has 19 heavy (non-hydrogen) atoms. The maximum absolute atomic E-state index is 12.4. The molecule has 104 valence electrons. The molecule has 3 heterocycles. The zero-order chi connectivity index (χ0) is 13.5. The topological polar surface area (TPSA) is 90.5 Å². The normalized spacial score (nSPS) is 34.5. The maximum atomic E-state index is 12.4. The minimum Gasteiger partial charge on any atom is -0.340 e. The maximum Gasteiger partial charge on any atom is 0.322 e. The van der Waals surface area contributed by atoms with Crippen LogP contribution >= 0.6 is 0 Å². The highest BCUT2D eigenvalue weighted by Crippen LogP contribution is 2.26. The minimum atomic E-state index is -0.906. The number of nitrogens with zero attached hydrogens (tertiary/aromatic N) is 1. The Labute approximate surface area is 111 Å². The van der Waals surface area contributed by atoms with Gasteiger partial charge in [0.1, 0.15) is 5.54 Å². The quantitative estimate of drug-likeness (QED) is 0.520. The molecule has 0 aromatic carbocycles. The van der Waals surface area contributed by atoms with E-state index in [1.807, 2.05) is 0 Å². The number of rotatable bonds is 1. The molecule has 0 aromatic rings. The van der Waals surface area contributed by atoms with E-state index in [1.54, 1.807) is 4.90 Å². The molecule has 3 aliphatic rings. The predicted octanol–water partition coefficient (Wildman–Crippen LogP) is -1.20. The summed E-state index contributed by atoms with van der Waals surface area (Å²) in [6.45, 7) is 2.54. The highest BCUT2D eigenvalue weighted by Gasteiger charge is 2.49. The van der Waals surface area contributed by atoms with Crippen LogP contribution in [-0.4, -0.2) is 54.5 Å². The molecule has 2 atom stereocenters. The van der Waals surface area contributed by atoms with Crippen molar-refractivity contribution in [3.05, 3.63) is 0 Å². The van der Waals surface area contributed by atoms with Crippen LogP contribution in [0.2, 0.25) is 0 Å². The van der Waals surface area contributed by atoms with Gasteiger partial charge in [-0.1, -0.05) is 0 Å². The number of likely N-dealkylation sites (tertiary alicyclic amines) is 1. The molecule has 7 heteroatoms. The Bertz CT molecular complexity index is 433. The molecule has 3 saturated heterocycles. The van der Waals surface area contributed by atoms with Gasteiger partial charge in [0.15, 0.2) is 0 Å². The number of carbonyl (C=O) groups excluding carboxylic acids is 3. The summed E-state index contributed by atoms with van der Waals surface area (Å²) in [5.41, 5.74) is -0.906. The van der Waals surface area contributed by atoms with Crippen LogP contribution in [0.3, 0.4) is 0 Å². The highest BCUT2D eigenvalue weighted by molar-refractivity contribution is 6.07. The van der Waals surface area contributed by atoms with Gasteiger partial charge in [-0.15, -0.1) is 0 Å². The van der Waals surface area contributed by atoms with Crippen molar-refractivity contribution in [1.29, 1.82) is 0 Å². The largest absolute Gasteiger partial charge is 0.340 e. The summed E-state index contributed by atoms with van der Waals surface area (Å²) in [6.07, 6.45) is 2.18. The van der Waals surface area contributed by atoms with Gasteiger partial charge in [0.2, 0.25) is 5.91 Å². The summed E-state index contributed by atoms with van der Waals surface area (Å²) in [4.78, 5) is 37.3. The molecular formula is C12H18N4O3. The lowest BCUT2D eigenvalue weighted by Gasteiger charge is -2.39. The van der Waals surface area contributed by atoms with Crippen LogP contribution < -0.4 is 16.0 Å². The lowest BCUT2D eigenvalue weighted by Crippen LogP contribution is -2.60. The average Bonchev–Trinajstić information content (AvgIpc) is 2.99. The average molecular weight is 266 g/mol. The third-order valence-corrected chi connectivity index (χ3v) is 4.23. The fraction of sp³-hybridized carbons (Fsp3) is 0.750. The van der Waals surface area contributed by atoms with E-state index in [0.717, 1.165) is 19.4 Å². The van der Waals surface area contributed by atoms with Crippen LogP contribution in [0, 0.1) is 5.92 Å². The van der Waals surface area contributed by atoms with Gasteiger partial charge in [0.05, 0.1) is 12.5 Å². The van der Waals surface area contributed by atoms with Gasteiger partial charge in [-0.25, -0.2) is 4.79 Å². The van der Waals surface area contributed by atoms with Crippen LogP contribution in [0.5, 0.6) is 0 Å².